The zero-order chi connectivity index (χ0) is 14.8. The first kappa shape index (κ1) is 14.4. The molecule has 2 aromatic rings. The molecule has 0 saturated heterocycles. The summed E-state index contributed by atoms with van der Waals surface area (Å²) in [5, 5.41) is 3.19. The summed E-state index contributed by atoms with van der Waals surface area (Å²) in [6, 6.07) is 6.27. The number of amides is 1. The number of nitrogens with zero attached hydrogens (tertiary/aromatic N) is 1. The van der Waals surface area contributed by atoms with Crippen LogP contribution in [-0.4, -0.2) is 23.9 Å². The summed E-state index contributed by atoms with van der Waals surface area (Å²) in [4.78, 5) is 15.3. The number of carbonyl (C=O) groups excluding carboxylic acids is 1. The molecular weight excluding hydrogens is 297 g/mol. The number of hydrogen-bond donors (Lipinski definition) is 1. The maximum Gasteiger partial charge on any atom is 0.422 e. The molecule has 0 aliphatic heterocycles. The van der Waals surface area contributed by atoms with Gasteiger partial charge in [-0.05, 0) is 24.3 Å². The lowest BCUT2D eigenvalue weighted by atomic mass is 10.2. The molecule has 0 spiro atoms. The van der Waals surface area contributed by atoms with Gasteiger partial charge >= 0.3 is 12.3 Å². The number of nitrogens with one attached hydrogen (secondary N) is 1. The van der Waals surface area contributed by atoms with Crippen LogP contribution in [0.3, 0.4) is 0 Å². The molecule has 2 rings (SSSR count). The third-order valence-corrected chi connectivity index (χ3v) is 2.65. The largest absolute Gasteiger partial charge is 0.440 e. The van der Waals surface area contributed by atoms with Gasteiger partial charge in [-0.2, -0.15) is 13.2 Å². The molecule has 0 atom stereocenters. The molecule has 0 aliphatic rings. The Balaban J connectivity index is 2.18. The second-order valence-corrected chi connectivity index (χ2v) is 4.22. The zero-order valence-electron chi connectivity index (χ0n) is 9.87. The topological polar surface area (TPSA) is 51.2 Å². The van der Waals surface area contributed by atoms with E-state index >= 15 is 0 Å². The van der Waals surface area contributed by atoms with E-state index in [1.807, 2.05) is 0 Å². The van der Waals surface area contributed by atoms with Crippen molar-refractivity contribution in [1.82, 2.24) is 4.98 Å². The van der Waals surface area contributed by atoms with E-state index in [1.165, 1.54) is 18.3 Å². The van der Waals surface area contributed by atoms with E-state index in [0.29, 0.717) is 15.9 Å². The van der Waals surface area contributed by atoms with Crippen LogP contribution in [0.1, 0.15) is 0 Å². The summed E-state index contributed by atoms with van der Waals surface area (Å²) in [5.74, 6) is 0. The second-order valence-electron chi connectivity index (χ2n) is 3.81. The Labute approximate surface area is 116 Å². The maximum absolute atomic E-state index is 11.9. The summed E-state index contributed by atoms with van der Waals surface area (Å²) in [7, 11) is 0. The summed E-state index contributed by atoms with van der Waals surface area (Å²) in [5.41, 5.74) is 0.584. The van der Waals surface area contributed by atoms with Crippen LogP contribution in [0, 0.1) is 0 Å². The number of rotatable bonds is 2. The molecule has 1 N–H and O–H groups in total. The van der Waals surface area contributed by atoms with E-state index in [-0.39, 0.29) is 5.69 Å². The van der Waals surface area contributed by atoms with E-state index < -0.39 is 18.9 Å². The summed E-state index contributed by atoms with van der Waals surface area (Å²) < 4.78 is 39.8. The highest BCUT2D eigenvalue weighted by atomic mass is 35.5. The van der Waals surface area contributed by atoms with Crippen LogP contribution < -0.4 is 5.32 Å². The number of anilines is 1. The predicted molar refractivity (Wildman–Crippen MR) is 67.8 cm³/mol. The van der Waals surface area contributed by atoms with Crippen LogP contribution in [0.25, 0.3) is 10.9 Å². The van der Waals surface area contributed by atoms with E-state index in [4.69, 9.17) is 11.6 Å². The van der Waals surface area contributed by atoms with Gasteiger partial charge in [-0.25, -0.2) is 4.79 Å². The Morgan fingerprint density at radius 3 is 2.80 bits per heavy atom. The van der Waals surface area contributed by atoms with Crippen LogP contribution in [0.4, 0.5) is 23.7 Å². The quantitative estimate of drug-likeness (QED) is 0.912. The Morgan fingerprint density at radius 2 is 2.10 bits per heavy atom. The van der Waals surface area contributed by atoms with Crippen LogP contribution in [0.5, 0.6) is 0 Å². The Kier molecular flexibility index (Phi) is 3.99. The van der Waals surface area contributed by atoms with Gasteiger partial charge in [0.15, 0.2) is 6.61 Å². The molecule has 4 nitrogen and oxygen atoms in total. The van der Waals surface area contributed by atoms with E-state index in [2.05, 4.69) is 15.0 Å². The van der Waals surface area contributed by atoms with Crippen molar-refractivity contribution in [2.45, 2.75) is 6.18 Å². The van der Waals surface area contributed by atoms with Crippen molar-refractivity contribution >= 4 is 34.3 Å². The molecule has 8 heteroatoms. The third-order valence-electron chi connectivity index (χ3n) is 2.32. The molecule has 0 aliphatic carbocycles. The van der Waals surface area contributed by atoms with Crippen LogP contribution in [-0.2, 0) is 4.74 Å². The lowest BCUT2D eigenvalue weighted by Crippen LogP contribution is -2.23. The normalized spacial score (nSPS) is 11.4. The predicted octanol–water partition coefficient (Wildman–Crippen LogP) is 4.00. The minimum atomic E-state index is -4.57. The third kappa shape index (κ3) is 3.51. The first-order valence-electron chi connectivity index (χ1n) is 5.40. The van der Waals surface area contributed by atoms with E-state index in [1.54, 1.807) is 12.1 Å². The maximum atomic E-state index is 11.9. The number of pyridine rings is 1. The smallest absolute Gasteiger partial charge is 0.422 e. The van der Waals surface area contributed by atoms with Gasteiger partial charge in [-0.15, -0.1) is 0 Å². The van der Waals surface area contributed by atoms with Crippen LogP contribution >= 0.6 is 11.6 Å². The van der Waals surface area contributed by atoms with Crippen molar-refractivity contribution in [1.29, 1.82) is 0 Å². The highest BCUT2D eigenvalue weighted by molar-refractivity contribution is 6.35. The van der Waals surface area contributed by atoms with Crippen molar-refractivity contribution < 1.29 is 22.7 Å². The van der Waals surface area contributed by atoms with Crippen LogP contribution in [0.15, 0.2) is 30.5 Å². The van der Waals surface area contributed by atoms with Gasteiger partial charge in [0.1, 0.15) is 0 Å². The number of carbonyl (C=O) groups is 1. The fourth-order valence-corrected chi connectivity index (χ4v) is 1.75. The Hall–Kier alpha value is -2.02. The number of benzene rings is 1. The molecule has 20 heavy (non-hydrogen) atoms. The van der Waals surface area contributed by atoms with Gasteiger partial charge < -0.3 is 4.74 Å². The summed E-state index contributed by atoms with van der Waals surface area (Å²) in [6.45, 7) is -1.65. The molecular formula is C12H8ClF3N2O2. The molecule has 1 aromatic heterocycles. The molecule has 0 saturated carbocycles. The van der Waals surface area contributed by atoms with Crippen molar-refractivity contribution in [3.05, 3.63) is 35.5 Å². The number of alkyl halides is 3. The molecule has 106 valence electrons. The summed E-state index contributed by atoms with van der Waals surface area (Å²) in [6.07, 6.45) is -4.31. The van der Waals surface area contributed by atoms with Crippen molar-refractivity contribution in [3.8, 4) is 0 Å². The fourth-order valence-electron chi connectivity index (χ4n) is 1.53. The molecule has 1 amide bonds. The molecule has 0 radical (unpaired) electrons. The van der Waals surface area contributed by atoms with Gasteiger partial charge in [-0.3, -0.25) is 10.3 Å². The number of aromatic nitrogens is 1. The van der Waals surface area contributed by atoms with Gasteiger partial charge in [0, 0.05) is 11.6 Å². The second kappa shape index (κ2) is 5.54. The van der Waals surface area contributed by atoms with Crippen LogP contribution in [0.2, 0.25) is 5.02 Å². The monoisotopic (exact) mass is 304 g/mol. The number of hydrogen-bond acceptors (Lipinski definition) is 3. The number of fused-ring (bicyclic) bond motifs is 1. The molecule has 1 heterocycles. The van der Waals surface area contributed by atoms with Crippen molar-refractivity contribution in [2.75, 3.05) is 11.9 Å². The molecule has 0 bridgehead atoms. The van der Waals surface area contributed by atoms with Gasteiger partial charge in [0.25, 0.3) is 0 Å². The zero-order valence-corrected chi connectivity index (χ0v) is 10.6. The first-order valence-corrected chi connectivity index (χ1v) is 5.78. The first-order chi connectivity index (χ1) is 9.37. The Bertz CT molecular complexity index is 646. The molecule has 0 fully saturated rings. The van der Waals surface area contributed by atoms with E-state index in [0.717, 1.165) is 0 Å². The average Bonchev–Trinajstić information content (AvgIpc) is 2.39. The average molecular weight is 305 g/mol. The molecule has 1 aromatic carbocycles. The summed E-state index contributed by atoms with van der Waals surface area (Å²) >= 11 is 5.95. The highest BCUT2D eigenvalue weighted by Gasteiger charge is 2.29. The standard InChI is InChI=1S/C12H8ClF3N2O2/c13-8-3-4-9(10-7(8)2-1-5-17-10)18-11(19)20-6-12(14,15)16/h1-5H,6H2,(H,18,19). The van der Waals surface area contributed by atoms with Gasteiger partial charge in [0.05, 0.1) is 16.2 Å². The lowest BCUT2D eigenvalue weighted by Gasteiger charge is -2.10. The highest BCUT2D eigenvalue weighted by Crippen LogP contribution is 2.28. The molecule has 0 unspecified atom stereocenters. The van der Waals surface area contributed by atoms with Gasteiger partial charge in [-0.1, -0.05) is 11.6 Å². The lowest BCUT2D eigenvalue weighted by molar-refractivity contribution is -0.159. The minimum absolute atomic E-state index is 0.220. The van der Waals surface area contributed by atoms with Crippen molar-refractivity contribution in [3.63, 3.8) is 0 Å². The fraction of sp³-hybridized carbons (Fsp3) is 0.167. The van der Waals surface area contributed by atoms with Gasteiger partial charge in [0.2, 0.25) is 0 Å². The van der Waals surface area contributed by atoms with E-state index in [9.17, 15) is 18.0 Å². The SMILES string of the molecule is O=C(Nc1ccc(Cl)c2cccnc12)OCC(F)(F)F. The minimum Gasteiger partial charge on any atom is -0.440 e. The Morgan fingerprint density at radius 1 is 1.35 bits per heavy atom. The van der Waals surface area contributed by atoms with Crippen molar-refractivity contribution in [2.24, 2.45) is 0 Å². The number of halogens is 4. The number of ether oxygens (including phenoxy) is 1.